The van der Waals surface area contributed by atoms with E-state index in [1.54, 1.807) is 0 Å². The molecule has 0 saturated carbocycles. The monoisotopic (exact) mass is 838 g/mol. The van der Waals surface area contributed by atoms with Gasteiger partial charge in [0.05, 0.1) is 40.3 Å². The highest BCUT2D eigenvalue weighted by atomic mass is 16.7. The lowest BCUT2D eigenvalue weighted by atomic mass is 10.0. The predicted molar refractivity (Wildman–Crippen MR) is 242 cm³/mol. The van der Waals surface area contributed by atoms with Crippen molar-refractivity contribution in [3.63, 3.8) is 0 Å². The van der Waals surface area contributed by atoms with Crippen LogP contribution >= 0.6 is 0 Å². The fourth-order valence-corrected chi connectivity index (χ4v) is 7.12. The zero-order valence-electron chi connectivity index (χ0n) is 39.4. The van der Waals surface area contributed by atoms with Crippen LogP contribution in [0.5, 0.6) is 0 Å². The van der Waals surface area contributed by atoms with Gasteiger partial charge in [-0.05, 0) is 38.5 Å². The summed E-state index contributed by atoms with van der Waals surface area (Å²) in [7, 11) is 5.91. The van der Waals surface area contributed by atoms with Crippen LogP contribution in [0.25, 0.3) is 0 Å². The van der Waals surface area contributed by atoms with Crippen LogP contribution in [0.2, 0.25) is 0 Å². The quantitative estimate of drug-likeness (QED) is 0.0196. The Hall–Kier alpha value is -1.97. The van der Waals surface area contributed by atoms with Gasteiger partial charge in [0.1, 0.15) is 13.2 Å². The van der Waals surface area contributed by atoms with Gasteiger partial charge in [0, 0.05) is 12.8 Å². The number of carboxylic acid groups (broad SMARTS) is 1. The molecule has 0 aromatic rings. The van der Waals surface area contributed by atoms with Gasteiger partial charge in [0.2, 0.25) is 0 Å². The highest BCUT2D eigenvalue weighted by Crippen LogP contribution is 2.16. The second-order valence-electron chi connectivity index (χ2n) is 18.1. The average Bonchev–Trinajstić information content (AvgIpc) is 3.19. The highest BCUT2D eigenvalue weighted by Gasteiger charge is 2.22. The summed E-state index contributed by atoms with van der Waals surface area (Å²) in [6.07, 6.45) is 42.5. The minimum absolute atomic E-state index is 0.149. The van der Waals surface area contributed by atoms with Crippen molar-refractivity contribution in [2.75, 3.05) is 47.5 Å². The molecule has 0 heterocycles. The van der Waals surface area contributed by atoms with Crippen LogP contribution in [0.4, 0.5) is 0 Å². The lowest BCUT2D eigenvalue weighted by molar-refractivity contribution is -0.870. The fourth-order valence-electron chi connectivity index (χ4n) is 7.12. The molecule has 0 aromatic heterocycles. The van der Waals surface area contributed by atoms with Crippen molar-refractivity contribution in [2.45, 2.75) is 245 Å². The molecule has 0 saturated heterocycles. The molecule has 0 bridgehead atoms. The van der Waals surface area contributed by atoms with E-state index in [0.29, 0.717) is 23.9 Å². The largest absolute Gasteiger partial charge is 0.545 e. The number of likely N-dealkylation sites (N-methyl/N-ethyl adjacent to an activating group) is 1. The summed E-state index contributed by atoms with van der Waals surface area (Å²) in [5.41, 5.74) is 0. The first-order chi connectivity index (χ1) is 28.6. The minimum atomic E-state index is -1.62. The topological polar surface area (TPSA) is 111 Å². The van der Waals surface area contributed by atoms with Crippen molar-refractivity contribution in [3.05, 3.63) is 12.2 Å². The van der Waals surface area contributed by atoms with Crippen LogP contribution in [0.15, 0.2) is 12.2 Å². The van der Waals surface area contributed by atoms with E-state index >= 15 is 0 Å². The van der Waals surface area contributed by atoms with E-state index in [9.17, 15) is 19.5 Å². The number of esters is 2. The lowest BCUT2D eigenvalue weighted by Gasteiger charge is -2.26. The molecular weight excluding hydrogens is 743 g/mol. The Bertz CT molecular complexity index is 980. The number of carbonyl (C=O) groups excluding carboxylic acids is 3. The van der Waals surface area contributed by atoms with Gasteiger partial charge in [-0.2, -0.15) is 0 Å². The van der Waals surface area contributed by atoms with Crippen molar-refractivity contribution in [3.8, 4) is 0 Å². The molecule has 0 radical (unpaired) electrons. The number of ether oxygens (including phenoxy) is 4. The van der Waals surface area contributed by atoms with Crippen molar-refractivity contribution in [1.29, 1.82) is 0 Å². The van der Waals surface area contributed by atoms with Gasteiger partial charge in [0.15, 0.2) is 12.4 Å². The summed E-state index contributed by atoms with van der Waals surface area (Å²) in [5, 5.41) is 11.7. The molecule has 2 atom stereocenters. The number of aliphatic carboxylic acids is 1. The summed E-state index contributed by atoms with van der Waals surface area (Å²) in [4.78, 5) is 37.0. The van der Waals surface area contributed by atoms with Crippen molar-refractivity contribution < 1.29 is 42.9 Å². The molecular formula is C50H95NO8. The number of nitrogens with zero attached hydrogens (tertiary/aromatic N) is 1. The van der Waals surface area contributed by atoms with Gasteiger partial charge in [0.25, 0.3) is 0 Å². The van der Waals surface area contributed by atoms with Crippen molar-refractivity contribution in [1.82, 2.24) is 0 Å². The maximum Gasteiger partial charge on any atom is 0.306 e. The second-order valence-corrected chi connectivity index (χ2v) is 18.1. The molecule has 0 rings (SSSR count). The summed E-state index contributed by atoms with van der Waals surface area (Å²) in [5.74, 6) is -2.28. The number of unbranched alkanes of at least 4 members (excludes halogenated alkanes) is 29. The number of carboxylic acids is 1. The zero-order chi connectivity index (χ0) is 43.5. The van der Waals surface area contributed by atoms with Crippen LogP contribution < -0.4 is 5.11 Å². The minimum Gasteiger partial charge on any atom is -0.545 e. The average molecular weight is 838 g/mol. The van der Waals surface area contributed by atoms with Crippen LogP contribution in [0.3, 0.4) is 0 Å². The third-order valence-corrected chi connectivity index (χ3v) is 11.0. The molecule has 9 heteroatoms. The van der Waals surface area contributed by atoms with E-state index in [1.807, 2.05) is 21.1 Å². The first-order valence-electron chi connectivity index (χ1n) is 24.8. The molecule has 0 aliphatic rings. The zero-order valence-corrected chi connectivity index (χ0v) is 39.4. The molecule has 348 valence electrons. The van der Waals surface area contributed by atoms with E-state index in [0.717, 1.165) is 51.4 Å². The molecule has 2 unspecified atom stereocenters. The summed E-state index contributed by atoms with van der Waals surface area (Å²) < 4.78 is 22.6. The van der Waals surface area contributed by atoms with Crippen LogP contribution in [-0.2, 0) is 33.3 Å². The smallest absolute Gasteiger partial charge is 0.306 e. The van der Waals surface area contributed by atoms with E-state index in [2.05, 4.69) is 26.0 Å². The van der Waals surface area contributed by atoms with Crippen LogP contribution in [0, 0.1) is 0 Å². The van der Waals surface area contributed by atoms with Crippen LogP contribution in [-0.4, -0.2) is 82.3 Å². The molecule has 0 fully saturated rings. The summed E-state index contributed by atoms with van der Waals surface area (Å²) in [6.45, 7) is 4.75. The maximum atomic E-state index is 12.7. The van der Waals surface area contributed by atoms with Gasteiger partial charge in [-0.3, -0.25) is 9.59 Å². The molecule has 0 spiro atoms. The fraction of sp³-hybridized carbons (Fsp3) is 0.900. The van der Waals surface area contributed by atoms with Gasteiger partial charge in [-0.1, -0.05) is 193 Å². The number of carbonyl (C=O) groups is 3. The number of quaternary nitrogens is 1. The number of hydrogen-bond acceptors (Lipinski definition) is 8. The van der Waals surface area contributed by atoms with Crippen LogP contribution in [0.1, 0.15) is 232 Å². The third-order valence-electron chi connectivity index (χ3n) is 11.0. The first kappa shape index (κ1) is 57.0. The highest BCUT2D eigenvalue weighted by molar-refractivity contribution is 5.70. The molecule has 0 aromatic carbocycles. The van der Waals surface area contributed by atoms with E-state index in [-0.39, 0.29) is 32.2 Å². The molecule has 0 aliphatic heterocycles. The van der Waals surface area contributed by atoms with Gasteiger partial charge < -0.3 is 33.3 Å². The first-order valence-corrected chi connectivity index (χ1v) is 24.8. The summed E-state index contributed by atoms with van der Waals surface area (Å²) in [6, 6.07) is 0. The lowest BCUT2D eigenvalue weighted by Crippen LogP contribution is -2.44. The predicted octanol–water partition coefficient (Wildman–Crippen LogP) is 12.1. The number of rotatable bonds is 46. The van der Waals surface area contributed by atoms with Gasteiger partial charge in [-0.15, -0.1) is 0 Å². The molecule has 0 N–H and O–H groups in total. The molecule has 0 aliphatic carbocycles. The maximum absolute atomic E-state index is 12.7. The molecule has 9 nitrogen and oxygen atoms in total. The normalized spacial score (nSPS) is 12.9. The number of allylic oxidation sites excluding steroid dienone is 2. The van der Waals surface area contributed by atoms with Gasteiger partial charge in [-0.25, -0.2) is 0 Å². The number of hydrogen-bond donors (Lipinski definition) is 0. The van der Waals surface area contributed by atoms with Crippen molar-refractivity contribution in [2.24, 2.45) is 0 Å². The third kappa shape index (κ3) is 43.9. The molecule has 0 amide bonds. The van der Waals surface area contributed by atoms with E-state index in [1.165, 1.54) is 148 Å². The van der Waals surface area contributed by atoms with Gasteiger partial charge >= 0.3 is 11.9 Å². The Kier molecular flexibility index (Phi) is 41.3. The Morgan fingerprint density at radius 1 is 0.492 bits per heavy atom. The Labute approximate surface area is 364 Å². The Balaban J connectivity index is 4.28. The Morgan fingerprint density at radius 3 is 1.27 bits per heavy atom. The molecule has 59 heavy (non-hydrogen) atoms. The van der Waals surface area contributed by atoms with Crippen molar-refractivity contribution >= 4 is 17.9 Å². The Morgan fingerprint density at radius 2 is 0.864 bits per heavy atom. The second kappa shape index (κ2) is 42.7. The van der Waals surface area contributed by atoms with E-state index in [4.69, 9.17) is 18.9 Å². The standard InChI is InChI=1S/C50H95NO8/c1-6-8-10-12-14-16-18-20-21-22-23-24-25-26-27-29-30-32-34-36-38-40-47(52)57-44-46(45-58-50(49(54)55)56-43-42-51(3,4)5)59-48(53)41-39-37-35-33-31-28-19-17-15-13-11-9-7-2/h17,19,46,50H,6-16,18,20-45H2,1-5H3/b19-17-. The van der Waals surface area contributed by atoms with E-state index < -0.39 is 24.3 Å². The SMILES string of the molecule is CCCCCC/C=C\CCCCCCCC(=O)OC(COC(=O)CCCCCCCCCCCCCCCCCCCCCCC)COC(OCC[N+](C)(C)C)C(=O)[O-]. The summed E-state index contributed by atoms with van der Waals surface area (Å²) >= 11 is 0.